The van der Waals surface area contributed by atoms with Crippen molar-refractivity contribution >= 4 is 33.7 Å². The van der Waals surface area contributed by atoms with Gasteiger partial charge in [0.2, 0.25) is 10.5 Å². The summed E-state index contributed by atoms with van der Waals surface area (Å²) in [5.41, 5.74) is -0.336. The molecule has 0 aliphatic rings. The smallest absolute Gasteiger partial charge is 0.222 e. The summed E-state index contributed by atoms with van der Waals surface area (Å²) in [6.45, 7) is 3.87. The number of carbonyl (C=O) groups is 2. The van der Waals surface area contributed by atoms with Crippen molar-refractivity contribution in [3.8, 4) is 0 Å². The lowest BCUT2D eigenvalue weighted by Gasteiger charge is -2.28. The van der Waals surface area contributed by atoms with Gasteiger partial charge in [-0.2, -0.15) is 0 Å². The molecule has 2 nitrogen and oxygen atoms in total. The number of hydrogen-bond acceptors (Lipinski definition) is 2. The average molecular weight is 225 g/mol. The Morgan fingerprint density at radius 1 is 1.00 bits per heavy atom. The quantitative estimate of drug-likeness (QED) is 0.651. The van der Waals surface area contributed by atoms with E-state index >= 15 is 0 Å². The van der Waals surface area contributed by atoms with Crippen LogP contribution in [-0.4, -0.2) is 10.5 Å². The van der Waals surface area contributed by atoms with Crippen LogP contribution < -0.4 is 0 Å². The van der Waals surface area contributed by atoms with E-state index in [0.717, 1.165) is 12.8 Å². The highest BCUT2D eigenvalue weighted by Gasteiger charge is 2.30. The van der Waals surface area contributed by atoms with Crippen LogP contribution in [0.15, 0.2) is 0 Å². The van der Waals surface area contributed by atoms with Crippen LogP contribution in [0.3, 0.4) is 0 Å². The minimum absolute atomic E-state index is 0.222. The minimum atomic E-state index is -0.401. The first kappa shape index (κ1) is 12.9. The average Bonchev–Trinajstić information content (AvgIpc) is 2.01. The second-order valence-corrected chi connectivity index (χ2v) is 4.11. The Morgan fingerprint density at radius 3 is 1.46 bits per heavy atom. The molecule has 0 aromatic carbocycles. The van der Waals surface area contributed by atoms with Gasteiger partial charge in [-0.25, -0.2) is 0 Å². The monoisotopic (exact) mass is 224 g/mol. The number of hydrogen-bond donors (Lipinski definition) is 0. The molecule has 13 heavy (non-hydrogen) atoms. The van der Waals surface area contributed by atoms with Crippen molar-refractivity contribution in [1.29, 1.82) is 0 Å². The SMILES string of the molecule is CCC(CC)(CC(=O)Cl)CC(=O)Cl. The summed E-state index contributed by atoms with van der Waals surface area (Å²) in [6.07, 6.45) is 1.92. The van der Waals surface area contributed by atoms with E-state index in [-0.39, 0.29) is 18.3 Å². The lowest BCUT2D eigenvalue weighted by molar-refractivity contribution is -0.117. The van der Waals surface area contributed by atoms with Crippen molar-refractivity contribution in [2.24, 2.45) is 5.41 Å². The molecule has 0 spiro atoms. The van der Waals surface area contributed by atoms with Crippen LogP contribution in [0, 0.1) is 5.41 Å². The molecule has 0 aliphatic carbocycles. The van der Waals surface area contributed by atoms with Gasteiger partial charge in [-0.3, -0.25) is 9.59 Å². The van der Waals surface area contributed by atoms with E-state index in [2.05, 4.69) is 0 Å². The maximum absolute atomic E-state index is 10.8. The molecule has 0 bridgehead atoms. The molecule has 0 heterocycles. The summed E-state index contributed by atoms with van der Waals surface area (Å²) < 4.78 is 0. The highest BCUT2D eigenvalue weighted by atomic mass is 35.5. The van der Waals surface area contributed by atoms with E-state index in [1.54, 1.807) is 0 Å². The van der Waals surface area contributed by atoms with Gasteiger partial charge < -0.3 is 0 Å². The van der Waals surface area contributed by atoms with Crippen LogP contribution in [-0.2, 0) is 9.59 Å². The fourth-order valence-corrected chi connectivity index (χ4v) is 1.97. The highest BCUT2D eigenvalue weighted by Crippen LogP contribution is 2.35. The van der Waals surface area contributed by atoms with Gasteiger partial charge in [0, 0.05) is 12.8 Å². The molecule has 0 saturated heterocycles. The van der Waals surface area contributed by atoms with Gasteiger partial charge in [0.05, 0.1) is 0 Å². The molecule has 0 radical (unpaired) electrons. The molecule has 4 heteroatoms. The molecule has 0 rings (SSSR count). The van der Waals surface area contributed by atoms with Crippen molar-refractivity contribution in [2.75, 3.05) is 0 Å². The first-order valence-electron chi connectivity index (χ1n) is 4.32. The van der Waals surface area contributed by atoms with E-state index in [4.69, 9.17) is 23.2 Å². The Morgan fingerprint density at radius 2 is 1.31 bits per heavy atom. The van der Waals surface area contributed by atoms with Crippen molar-refractivity contribution in [2.45, 2.75) is 39.5 Å². The van der Waals surface area contributed by atoms with Gasteiger partial charge in [-0.1, -0.05) is 13.8 Å². The largest absolute Gasteiger partial charge is 0.281 e. The van der Waals surface area contributed by atoms with Gasteiger partial charge >= 0.3 is 0 Å². The molecule has 0 aromatic heterocycles. The highest BCUT2D eigenvalue weighted by molar-refractivity contribution is 6.64. The summed E-state index contributed by atoms with van der Waals surface area (Å²) in [5.74, 6) is 0. The molecule has 0 saturated carbocycles. The summed E-state index contributed by atoms with van der Waals surface area (Å²) >= 11 is 10.6. The Kier molecular flexibility index (Phi) is 5.57. The zero-order valence-electron chi connectivity index (χ0n) is 7.90. The zero-order chi connectivity index (χ0) is 10.5. The van der Waals surface area contributed by atoms with Crippen molar-refractivity contribution in [1.82, 2.24) is 0 Å². The Bertz CT molecular complexity index is 180. The van der Waals surface area contributed by atoms with E-state index in [1.807, 2.05) is 13.8 Å². The summed E-state index contributed by atoms with van der Waals surface area (Å²) in [7, 11) is 0. The molecule has 76 valence electrons. The van der Waals surface area contributed by atoms with Crippen LogP contribution in [0.2, 0.25) is 0 Å². The second kappa shape index (κ2) is 5.61. The van der Waals surface area contributed by atoms with Gasteiger partial charge in [0.25, 0.3) is 0 Å². The predicted molar refractivity (Wildman–Crippen MR) is 54.0 cm³/mol. The summed E-state index contributed by atoms with van der Waals surface area (Å²) in [5, 5.41) is -0.803. The van der Waals surface area contributed by atoms with Gasteiger partial charge in [0.1, 0.15) is 0 Å². The normalized spacial score (nSPS) is 11.4. The van der Waals surface area contributed by atoms with Crippen LogP contribution in [0.5, 0.6) is 0 Å². The van der Waals surface area contributed by atoms with Crippen LogP contribution in [0.25, 0.3) is 0 Å². The van der Waals surface area contributed by atoms with E-state index < -0.39 is 10.5 Å². The zero-order valence-corrected chi connectivity index (χ0v) is 9.41. The molecule has 0 N–H and O–H groups in total. The molecular weight excluding hydrogens is 211 g/mol. The van der Waals surface area contributed by atoms with Crippen molar-refractivity contribution in [3.05, 3.63) is 0 Å². The van der Waals surface area contributed by atoms with Crippen molar-refractivity contribution < 1.29 is 9.59 Å². The molecular formula is C9H14Cl2O2. The maximum atomic E-state index is 10.8. The summed E-state index contributed by atoms with van der Waals surface area (Å²) in [4.78, 5) is 21.5. The second-order valence-electron chi connectivity index (χ2n) is 3.27. The fourth-order valence-electron chi connectivity index (χ4n) is 1.40. The third kappa shape index (κ3) is 4.63. The molecule has 0 fully saturated rings. The van der Waals surface area contributed by atoms with Crippen molar-refractivity contribution in [3.63, 3.8) is 0 Å². The maximum Gasteiger partial charge on any atom is 0.222 e. The van der Waals surface area contributed by atoms with E-state index in [1.165, 1.54) is 0 Å². The van der Waals surface area contributed by atoms with Crippen LogP contribution in [0.4, 0.5) is 0 Å². The fraction of sp³-hybridized carbons (Fsp3) is 0.778. The third-order valence-corrected chi connectivity index (χ3v) is 2.80. The van der Waals surface area contributed by atoms with Gasteiger partial charge in [-0.05, 0) is 41.5 Å². The van der Waals surface area contributed by atoms with Crippen LogP contribution in [0.1, 0.15) is 39.5 Å². The topological polar surface area (TPSA) is 34.1 Å². The molecule has 0 aromatic rings. The van der Waals surface area contributed by atoms with E-state index in [9.17, 15) is 9.59 Å². The number of rotatable bonds is 6. The summed E-state index contributed by atoms with van der Waals surface area (Å²) in [6, 6.07) is 0. The predicted octanol–water partition coefficient (Wildman–Crippen LogP) is 3.10. The Hall–Kier alpha value is -0.0800. The third-order valence-electron chi connectivity index (χ3n) is 2.53. The minimum Gasteiger partial charge on any atom is -0.281 e. The molecule has 0 aliphatic heterocycles. The molecule has 0 amide bonds. The van der Waals surface area contributed by atoms with Gasteiger partial charge in [-0.15, -0.1) is 0 Å². The van der Waals surface area contributed by atoms with Gasteiger partial charge in [0.15, 0.2) is 0 Å². The number of carbonyl (C=O) groups excluding carboxylic acids is 2. The lowest BCUT2D eigenvalue weighted by Crippen LogP contribution is -2.23. The first-order chi connectivity index (χ1) is 5.95. The first-order valence-corrected chi connectivity index (χ1v) is 5.08. The van der Waals surface area contributed by atoms with Crippen LogP contribution >= 0.6 is 23.2 Å². The Balaban J connectivity index is 4.48. The Labute approximate surface area is 88.6 Å². The standard InChI is InChI=1S/C9H14Cl2O2/c1-3-9(4-2,5-7(10)12)6-8(11)13/h3-6H2,1-2H3. The lowest BCUT2D eigenvalue weighted by atomic mass is 9.77. The number of halogens is 2. The molecule has 0 atom stereocenters. The molecule has 0 unspecified atom stereocenters. The van der Waals surface area contributed by atoms with E-state index in [0.29, 0.717) is 0 Å².